The summed E-state index contributed by atoms with van der Waals surface area (Å²) in [5.74, 6) is -0.0330. The molecule has 0 spiro atoms. The van der Waals surface area contributed by atoms with Gasteiger partial charge in [-0.05, 0) is 36.8 Å². The minimum absolute atomic E-state index is 0.0330. The van der Waals surface area contributed by atoms with Crippen LogP contribution < -0.4 is 11.5 Å². The monoisotopic (exact) mass is 259 g/mol. The van der Waals surface area contributed by atoms with Gasteiger partial charge in [-0.25, -0.2) is 0 Å². The van der Waals surface area contributed by atoms with Gasteiger partial charge in [-0.15, -0.1) is 0 Å². The van der Waals surface area contributed by atoms with E-state index in [0.717, 1.165) is 16.7 Å². The SMILES string of the molecule is Cc1ccc(Cl)c(-c2ccc(C(=N)N)c(N)c2)c1. The van der Waals surface area contributed by atoms with Crippen molar-refractivity contribution in [3.05, 3.63) is 52.5 Å². The summed E-state index contributed by atoms with van der Waals surface area (Å²) < 4.78 is 0. The number of halogens is 1. The molecule has 0 aliphatic carbocycles. The van der Waals surface area contributed by atoms with E-state index in [2.05, 4.69) is 0 Å². The predicted octanol–water partition coefficient (Wildman–Crippen LogP) is 3.18. The molecule has 0 aromatic heterocycles. The van der Waals surface area contributed by atoms with E-state index in [0.29, 0.717) is 16.3 Å². The molecule has 92 valence electrons. The van der Waals surface area contributed by atoms with Crippen LogP contribution in [-0.2, 0) is 0 Å². The lowest BCUT2D eigenvalue weighted by atomic mass is 10.0. The van der Waals surface area contributed by atoms with E-state index in [1.807, 2.05) is 31.2 Å². The highest BCUT2D eigenvalue weighted by atomic mass is 35.5. The average molecular weight is 260 g/mol. The zero-order valence-electron chi connectivity index (χ0n) is 10.00. The Bertz CT molecular complexity index is 620. The highest BCUT2D eigenvalue weighted by Crippen LogP contribution is 2.30. The van der Waals surface area contributed by atoms with Gasteiger partial charge in [-0.2, -0.15) is 0 Å². The van der Waals surface area contributed by atoms with Crippen molar-refractivity contribution in [2.24, 2.45) is 5.73 Å². The first kappa shape index (κ1) is 12.5. The Morgan fingerprint density at radius 3 is 2.50 bits per heavy atom. The van der Waals surface area contributed by atoms with Gasteiger partial charge in [0.2, 0.25) is 0 Å². The summed E-state index contributed by atoms with van der Waals surface area (Å²) in [4.78, 5) is 0. The van der Waals surface area contributed by atoms with E-state index >= 15 is 0 Å². The van der Waals surface area contributed by atoms with Crippen LogP contribution in [-0.4, -0.2) is 5.84 Å². The first-order chi connectivity index (χ1) is 8.49. The van der Waals surface area contributed by atoms with E-state index in [9.17, 15) is 0 Å². The van der Waals surface area contributed by atoms with Crippen molar-refractivity contribution in [1.29, 1.82) is 5.41 Å². The molecule has 5 N–H and O–H groups in total. The van der Waals surface area contributed by atoms with Crippen LogP contribution in [0.4, 0.5) is 5.69 Å². The van der Waals surface area contributed by atoms with E-state index < -0.39 is 0 Å². The third-order valence-electron chi connectivity index (χ3n) is 2.77. The predicted molar refractivity (Wildman–Crippen MR) is 77.1 cm³/mol. The normalized spacial score (nSPS) is 10.3. The van der Waals surface area contributed by atoms with Gasteiger partial charge in [0.1, 0.15) is 5.84 Å². The number of nitrogens with two attached hydrogens (primary N) is 2. The van der Waals surface area contributed by atoms with E-state index in [1.54, 1.807) is 12.1 Å². The third-order valence-corrected chi connectivity index (χ3v) is 3.10. The molecule has 0 atom stereocenters. The minimum atomic E-state index is -0.0330. The summed E-state index contributed by atoms with van der Waals surface area (Å²) in [6.45, 7) is 2.01. The summed E-state index contributed by atoms with van der Waals surface area (Å²) in [6, 6.07) is 11.2. The first-order valence-electron chi connectivity index (χ1n) is 5.49. The fourth-order valence-corrected chi connectivity index (χ4v) is 2.06. The molecule has 3 nitrogen and oxygen atoms in total. The topological polar surface area (TPSA) is 75.9 Å². The molecule has 0 amide bonds. The molecule has 18 heavy (non-hydrogen) atoms. The summed E-state index contributed by atoms with van der Waals surface area (Å²) in [5.41, 5.74) is 15.3. The van der Waals surface area contributed by atoms with Crippen LogP contribution in [0.15, 0.2) is 36.4 Å². The number of rotatable bonds is 2. The molecule has 4 heteroatoms. The van der Waals surface area contributed by atoms with Crippen LogP contribution in [0.5, 0.6) is 0 Å². The van der Waals surface area contributed by atoms with Crippen LogP contribution in [0, 0.1) is 12.3 Å². The Morgan fingerprint density at radius 1 is 1.17 bits per heavy atom. The van der Waals surface area contributed by atoms with Crippen LogP contribution in [0.1, 0.15) is 11.1 Å². The fourth-order valence-electron chi connectivity index (χ4n) is 1.84. The molecule has 0 radical (unpaired) electrons. The molecule has 0 unspecified atom stereocenters. The lowest BCUT2D eigenvalue weighted by Gasteiger charge is -2.09. The van der Waals surface area contributed by atoms with Crippen molar-refractivity contribution in [2.45, 2.75) is 6.92 Å². The van der Waals surface area contributed by atoms with Gasteiger partial charge in [-0.1, -0.05) is 29.3 Å². The van der Waals surface area contributed by atoms with E-state index in [4.69, 9.17) is 28.5 Å². The lowest BCUT2D eigenvalue weighted by molar-refractivity contribution is 1.42. The molecule has 0 saturated heterocycles. The lowest BCUT2D eigenvalue weighted by Crippen LogP contribution is -2.13. The number of hydrogen-bond acceptors (Lipinski definition) is 2. The molecule has 2 rings (SSSR count). The highest BCUT2D eigenvalue weighted by molar-refractivity contribution is 6.33. The van der Waals surface area contributed by atoms with Crippen molar-refractivity contribution in [2.75, 3.05) is 5.73 Å². The molecule has 0 aliphatic heterocycles. The van der Waals surface area contributed by atoms with Crippen LogP contribution in [0.2, 0.25) is 5.02 Å². The zero-order chi connectivity index (χ0) is 13.3. The number of benzene rings is 2. The maximum atomic E-state index is 7.40. The molecule has 0 heterocycles. The summed E-state index contributed by atoms with van der Waals surface area (Å²) >= 11 is 6.18. The van der Waals surface area contributed by atoms with E-state index in [1.165, 1.54) is 0 Å². The second-order valence-electron chi connectivity index (χ2n) is 4.20. The average Bonchev–Trinajstić information content (AvgIpc) is 2.31. The Labute approximate surface area is 111 Å². The smallest absolute Gasteiger partial charge is 0.124 e. The van der Waals surface area contributed by atoms with Crippen LogP contribution in [0.3, 0.4) is 0 Å². The van der Waals surface area contributed by atoms with Crippen LogP contribution >= 0.6 is 11.6 Å². The van der Waals surface area contributed by atoms with Gasteiger partial charge in [-0.3, -0.25) is 5.41 Å². The molecule has 0 saturated carbocycles. The number of hydrogen-bond donors (Lipinski definition) is 3. The number of aryl methyl sites for hydroxylation is 1. The Kier molecular flexibility index (Phi) is 3.26. The molecule has 0 bridgehead atoms. The van der Waals surface area contributed by atoms with Gasteiger partial charge >= 0.3 is 0 Å². The van der Waals surface area contributed by atoms with Gasteiger partial charge in [0.25, 0.3) is 0 Å². The van der Waals surface area contributed by atoms with Gasteiger partial charge in [0.15, 0.2) is 0 Å². The second-order valence-corrected chi connectivity index (χ2v) is 4.61. The maximum absolute atomic E-state index is 7.40. The molecule has 2 aromatic carbocycles. The molecular formula is C14H14ClN3. The number of amidine groups is 1. The summed E-state index contributed by atoms with van der Waals surface area (Å²) in [7, 11) is 0. The van der Waals surface area contributed by atoms with Crippen molar-refractivity contribution >= 4 is 23.1 Å². The van der Waals surface area contributed by atoms with E-state index in [-0.39, 0.29) is 5.84 Å². The van der Waals surface area contributed by atoms with Gasteiger partial charge < -0.3 is 11.5 Å². The van der Waals surface area contributed by atoms with Crippen LogP contribution in [0.25, 0.3) is 11.1 Å². The van der Waals surface area contributed by atoms with Gasteiger partial charge in [0, 0.05) is 21.8 Å². The fraction of sp³-hybridized carbons (Fsp3) is 0.0714. The number of nitrogen functional groups attached to an aromatic ring is 2. The van der Waals surface area contributed by atoms with Crippen molar-refractivity contribution in [3.8, 4) is 11.1 Å². The van der Waals surface area contributed by atoms with Crippen molar-refractivity contribution < 1.29 is 0 Å². The quantitative estimate of drug-likeness (QED) is 0.440. The number of nitrogens with one attached hydrogen (secondary N) is 1. The maximum Gasteiger partial charge on any atom is 0.124 e. The Hall–Kier alpha value is -2.00. The highest BCUT2D eigenvalue weighted by Gasteiger charge is 2.08. The molecule has 0 aliphatic rings. The number of anilines is 1. The zero-order valence-corrected chi connectivity index (χ0v) is 10.8. The minimum Gasteiger partial charge on any atom is -0.398 e. The first-order valence-corrected chi connectivity index (χ1v) is 5.87. The Morgan fingerprint density at radius 2 is 1.89 bits per heavy atom. The largest absolute Gasteiger partial charge is 0.398 e. The summed E-state index contributed by atoms with van der Waals surface area (Å²) in [5, 5.41) is 8.08. The van der Waals surface area contributed by atoms with Crippen molar-refractivity contribution in [1.82, 2.24) is 0 Å². The second kappa shape index (κ2) is 4.70. The summed E-state index contributed by atoms with van der Waals surface area (Å²) in [6.07, 6.45) is 0. The molecular weight excluding hydrogens is 246 g/mol. The molecule has 0 fully saturated rings. The van der Waals surface area contributed by atoms with Crippen molar-refractivity contribution in [3.63, 3.8) is 0 Å². The third kappa shape index (κ3) is 2.31. The Balaban J connectivity index is 2.55. The van der Waals surface area contributed by atoms with Gasteiger partial charge in [0.05, 0.1) is 0 Å². The molecule has 2 aromatic rings. The standard InChI is InChI=1S/C14H14ClN3/c1-8-2-5-12(15)11(6-8)9-3-4-10(14(17)18)13(16)7-9/h2-7H,16H2,1H3,(H3,17,18).